The zero-order valence-corrected chi connectivity index (χ0v) is 13.7. The molecule has 2 unspecified atom stereocenters. The Balaban J connectivity index is 1.44. The highest BCUT2D eigenvalue weighted by atomic mass is 19.1. The number of carbonyl (C=O) groups excluding carboxylic acids is 2. The van der Waals surface area contributed by atoms with Gasteiger partial charge in [-0.05, 0) is 48.6 Å². The first kappa shape index (κ1) is 15.8. The normalized spacial score (nSPS) is 22.1. The van der Waals surface area contributed by atoms with E-state index in [0.717, 1.165) is 12.1 Å². The summed E-state index contributed by atoms with van der Waals surface area (Å²) in [5.41, 5.74) is 2.09. The van der Waals surface area contributed by atoms with Crippen LogP contribution in [0.4, 0.5) is 15.8 Å². The fourth-order valence-corrected chi connectivity index (χ4v) is 3.51. The third-order valence-electron chi connectivity index (χ3n) is 4.93. The average Bonchev–Trinajstić information content (AvgIpc) is 3.29. The highest BCUT2D eigenvalue weighted by Gasteiger charge is 2.45. The Labute approximate surface area is 145 Å². The van der Waals surface area contributed by atoms with Crippen LogP contribution in [0.25, 0.3) is 0 Å². The summed E-state index contributed by atoms with van der Waals surface area (Å²) in [6.45, 7) is 0.716. The molecule has 0 spiro atoms. The molecule has 4 rings (SSSR count). The second kappa shape index (κ2) is 6.31. The highest BCUT2D eigenvalue weighted by Crippen LogP contribution is 2.48. The summed E-state index contributed by atoms with van der Waals surface area (Å²) in [6, 6.07) is 14.0. The van der Waals surface area contributed by atoms with Gasteiger partial charge in [0.2, 0.25) is 11.8 Å². The van der Waals surface area contributed by atoms with Crippen LogP contribution in [0.5, 0.6) is 0 Å². The number of nitrogens with one attached hydrogen (secondary N) is 1. The SMILES string of the molecule is O=C(Nc1cccc(N2CCCC2=O)c1)C1CC1c1ccccc1F. The molecule has 1 aliphatic heterocycles. The zero-order chi connectivity index (χ0) is 17.4. The molecule has 5 heteroatoms. The van der Waals surface area contributed by atoms with Gasteiger partial charge in [-0.2, -0.15) is 0 Å². The first-order valence-corrected chi connectivity index (χ1v) is 8.59. The van der Waals surface area contributed by atoms with E-state index in [0.29, 0.717) is 30.6 Å². The average molecular weight is 338 g/mol. The number of carbonyl (C=O) groups is 2. The molecule has 1 aliphatic carbocycles. The van der Waals surface area contributed by atoms with E-state index in [1.807, 2.05) is 24.3 Å². The minimum Gasteiger partial charge on any atom is -0.326 e. The Morgan fingerprint density at radius 2 is 2.00 bits per heavy atom. The number of halogens is 1. The van der Waals surface area contributed by atoms with Crippen LogP contribution >= 0.6 is 0 Å². The number of hydrogen-bond acceptors (Lipinski definition) is 2. The van der Waals surface area contributed by atoms with Crippen LogP contribution in [0.15, 0.2) is 48.5 Å². The molecule has 0 radical (unpaired) electrons. The van der Waals surface area contributed by atoms with Crippen LogP contribution in [0.2, 0.25) is 0 Å². The van der Waals surface area contributed by atoms with E-state index in [1.165, 1.54) is 6.07 Å². The summed E-state index contributed by atoms with van der Waals surface area (Å²) in [5.74, 6) is -0.487. The van der Waals surface area contributed by atoms with E-state index < -0.39 is 0 Å². The lowest BCUT2D eigenvalue weighted by Gasteiger charge is -2.16. The summed E-state index contributed by atoms with van der Waals surface area (Å²) in [6.07, 6.45) is 2.10. The van der Waals surface area contributed by atoms with Gasteiger partial charge in [-0.1, -0.05) is 24.3 Å². The van der Waals surface area contributed by atoms with Crippen molar-refractivity contribution in [2.75, 3.05) is 16.8 Å². The summed E-state index contributed by atoms with van der Waals surface area (Å²) in [7, 11) is 0. The van der Waals surface area contributed by atoms with Crippen molar-refractivity contribution in [2.24, 2.45) is 5.92 Å². The van der Waals surface area contributed by atoms with Crippen molar-refractivity contribution in [1.29, 1.82) is 0 Å². The molecule has 1 saturated heterocycles. The maximum atomic E-state index is 13.8. The lowest BCUT2D eigenvalue weighted by atomic mass is 10.1. The van der Waals surface area contributed by atoms with Gasteiger partial charge in [0.1, 0.15) is 5.82 Å². The van der Waals surface area contributed by atoms with Crippen LogP contribution in [0.1, 0.15) is 30.7 Å². The molecule has 0 aromatic heterocycles. The Morgan fingerprint density at radius 1 is 1.16 bits per heavy atom. The standard InChI is InChI=1S/C20H19FN2O2/c21-18-8-2-1-7-15(18)16-12-17(16)20(25)22-13-5-3-6-14(11-13)23-10-4-9-19(23)24/h1-3,5-8,11,16-17H,4,9-10,12H2,(H,22,25). The quantitative estimate of drug-likeness (QED) is 0.924. The highest BCUT2D eigenvalue weighted by molar-refractivity contribution is 5.98. The van der Waals surface area contributed by atoms with Gasteiger partial charge in [0.25, 0.3) is 0 Å². The van der Waals surface area contributed by atoms with E-state index in [4.69, 9.17) is 0 Å². The molecule has 2 aromatic carbocycles. The molecule has 25 heavy (non-hydrogen) atoms. The Kier molecular flexibility index (Phi) is 3.99. The fraction of sp³-hybridized carbons (Fsp3) is 0.300. The molecule has 2 fully saturated rings. The molecule has 2 atom stereocenters. The van der Waals surface area contributed by atoms with E-state index in [1.54, 1.807) is 23.1 Å². The van der Waals surface area contributed by atoms with E-state index >= 15 is 0 Å². The maximum Gasteiger partial charge on any atom is 0.228 e. The molecule has 0 bridgehead atoms. The van der Waals surface area contributed by atoms with Gasteiger partial charge >= 0.3 is 0 Å². The third kappa shape index (κ3) is 3.14. The van der Waals surface area contributed by atoms with Gasteiger partial charge in [-0.3, -0.25) is 9.59 Å². The Bertz CT molecular complexity index is 836. The van der Waals surface area contributed by atoms with Crippen molar-refractivity contribution < 1.29 is 14.0 Å². The van der Waals surface area contributed by atoms with Crippen LogP contribution in [-0.4, -0.2) is 18.4 Å². The van der Waals surface area contributed by atoms with Crippen molar-refractivity contribution in [3.05, 3.63) is 59.9 Å². The van der Waals surface area contributed by atoms with Gasteiger partial charge in [0.05, 0.1) is 0 Å². The molecule has 1 heterocycles. The zero-order valence-electron chi connectivity index (χ0n) is 13.7. The van der Waals surface area contributed by atoms with Crippen molar-refractivity contribution in [3.8, 4) is 0 Å². The lowest BCUT2D eigenvalue weighted by molar-refractivity contribution is -0.118. The molecule has 1 saturated carbocycles. The monoisotopic (exact) mass is 338 g/mol. The molecule has 2 aliphatic rings. The second-order valence-electron chi connectivity index (χ2n) is 6.66. The van der Waals surface area contributed by atoms with Crippen LogP contribution in [0, 0.1) is 11.7 Å². The Morgan fingerprint density at radius 3 is 2.76 bits per heavy atom. The van der Waals surface area contributed by atoms with Gasteiger partial charge in [-0.15, -0.1) is 0 Å². The molecule has 128 valence electrons. The number of hydrogen-bond donors (Lipinski definition) is 1. The predicted molar refractivity (Wildman–Crippen MR) is 93.9 cm³/mol. The Hall–Kier alpha value is -2.69. The van der Waals surface area contributed by atoms with E-state index in [-0.39, 0.29) is 29.5 Å². The van der Waals surface area contributed by atoms with Gasteiger partial charge in [-0.25, -0.2) is 4.39 Å². The van der Waals surface area contributed by atoms with Gasteiger partial charge < -0.3 is 10.2 Å². The van der Waals surface area contributed by atoms with Gasteiger partial charge in [0.15, 0.2) is 0 Å². The fourth-order valence-electron chi connectivity index (χ4n) is 3.51. The number of amides is 2. The second-order valence-corrected chi connectivity index (χ2v) is 6.66. The van der Waals surface area contributed by atoms with Crippen molar-refractivity contribution in [1.82, 2.24) is 0 Å². The van der Waals surface area contributed by atoms with Gasteiger partial charge in [0, 0.05) is 30.3 Å². The molecular weight excluding hydrogens is 319 g/mol. The van der Waals surface area contributed by atoms with E-state index in [2.05, 4.69) is 5.32 Å². The van der Waals surface area contributed by atoms with Crippen LogP contribution < -0.4 is 10.2 Å². The minimum absolute atomic E-state index is 0.0513. The summed E-state index contributed by atoms with van der Waals surface area (Å²) in [4.78, 5) is 26.1. The summed E-state index contributed by atoms with van der Waals surface area (Å²) in [5, 5.41) is 2.90. The minimum atomic E-state index is -0.252. The third-order valence-corrected chi connectivity index (χ3v) is 4.93. The molecule has 2 aromatic rings. The van der Waals surface area contributed by atoms with Crippen LogP contribution in [0.3, 0.4) is 0 Å². The molecule has 1 N–H and O–H groups in total. The lowest BCUT2D eigenvalue weighted by Crippen LogP contribution is -2.23. The molecule has 4 nitrogen and oxygen atoms in total. The van der Waals surface area contributed by atoms with E-state index in [9.17, 15) is 14.0 Å². The summed E-state index contributed by atoms with van der Waals surface area (Å²) < 4.78 is 13.8. The summed E-state index contributed by atoms with van der Waals surface area (Å²) >= 11 is 0. The number of benzene rings is 2. The first-order chi connectivity index (χ1) is 12.1. The largest absolute Gasteiger partial charge is 0.326 e. The molecular formula is C20H19FN2O2. The van der Waals surface area contributed by atoms with Crippen molar-refractivity contribution in [2.45, 2.75) is 25.2 Å². The van der Waals surface area contributed by atoms with Crippen molar-refractivity contribution in [3.63, 3.8) is 0 Å². The maximum absolute atomic E-state index is 13.8. The number of nitrogens with zero attached hydrogens (tertiary/aromatic N) is 1. The first-order valence-electron chi connectivity index (χ1n) is 8.59. The number of rotatable bonds is 4. The smallest absolute Gasteiger partial charge is 0.228 e. The van der Waals surface area contributed by atoms with Crippen LogP contribution in [-0.2, 0) is 9.59 Å². The number of anilines is 2. The topological polar surface area (TPSA) is 49.4 Å². The molecule has 2 amide bonds. The van der Waals surface area contributed by atoms with Crippen molar-refractivity contribution >= 4 is 23.2 Å². The predicted octanol–water partition coefficient (Wildman–Crippen LogP) is 3.69.